The number of halogens is 1. The molecule has 0 spiro atoms. The van der Waals surface area contributed by atoms with Gasteiger partial charge in [-0.05, 0) is 37.1 Å². The normalized spacial score (nSPS) is 34.1. The Hall–Kier alpha value is 0.170. The van der Waals surface area contributed by atoms with Gasteiger partial charge in [0.2, 0.25) is 0 Å². The summed E-state index contributed by atoms with van der Waals surface area (Å²) in [7, 11) is 0. The van der Waals surface area contributed by atoms with Gasteiger partial charge in [-0.15, -0.1) is 12.4 Å². The van der Waals surface area contributed by atoms with Crippen LogP contribution in [-0.4, -0.2) is 38.0 Å². The van der Waals surface area contributed by atoms with Crippen molar-refractivity contribution in [2.45, 2.75) is 12.8 Å². The van der Waals surface area contributed by atoms with Gasteiger partial charge in [0.1, 0.15) is 0 Å². The van der Waals surface area contributed by atoms with Gasteiger partial charge in [-0.3, -0.25) is 0 Å². The number of aliphatic hydroxyl groups is 1. The summed E-state index contributed by atoms with van der Waals surface area (Å²) in [4.78, 5) is 0. The van der Waals surface area contributed by atoms with Crippen LogP contribution < -0.4 is 5.32 Å². The van der Waals surface area contributed by atoms with E-state index < -0.39 is 0 Å². The molecule has 84 valence electrons. The Kier molecular flexibility index (Phi) is 5.17. The summed E-state index contributed by atoms with van der Waals surface area (Å²) in [6.45, 7) is 4.27. The fraction of sp³-hybridized carbons (Fsp3) is 1.00. The molecule has 2 rings (SSSR count). The highest BCUT2D eigenvalue weighted by atomic mass is 35.5. The minimum Gasteiger partial charge on any atom is -0.396 e. The van der Waals surface area contributed by atoms with E-state index in [1.807, 2.05) is 0 Å². The average molecular weight is 222 g/mol. The van der Waals surface area contributed by atoms with E-state index in [1.165, 1.54) is 12.8 Å². The number of ether oxygens (including phenoxy) is 1. The van der Waals surface area contributed by atoms with E-state index in [0.29, 0.717) is 18.4 Å². The monoisotopic (exact) mass is 221 g/mol. The summed E-state index contributed by atoms with van der Waals surface area (Å²) in [5.41, 5.74) is 0. The standard InChI is InChI=1S/C10H19NO2.ClH/c12-7-9-5-11-6-10(9)8-1-3-13-4-2-8;/h8-12H,1-7H2;1H. The Morgan fingerprint density at radius 3 is 2.57 bits per heavy atom. The molecule has 2 aliphatic heterocycles. The number of rotatable bonds is 2. The first-order chi connectivity index (χ1) is 6.42. The van der Waals surface area contributed by atoms with Crippen molar-refractivity contribution in [3.63, 3.8) is 0 Å². The molecule has 4 heteroatoms. The van der Waals surface area contributed by atoms with Crippen molar-refractivity contribution < 1.29 is 9.84 Å². The average Bonchev–Trinajstić information content (AvgIpc) is 2.67. The van der Waals surface area contributed by atoms with Crippen molar-refractivity contribution in [3.8, 4) is 0 Å². The molecule has 0 saturated carbocycles. The second-order valence-corrected chi connectivity index (χ2v) is 4.21. The van der Waals surface area contributed by atoms with E-state index in [9.17, 15) is 5.11 Å². The van der Waals surface area contributed by atoms with Gasteiger partial charge in [-0.25, -0.2) is 0 Å². The molecule has 0 amide bonds. The zero-order valence-electron chi connectivity index (χ0n) is 8.45. The van der Waals surface area contributed by atoms with Gasteiger partial charge in [0, 0.05) is 26.4 Å². The lowest BCUT2D eigenvalue weighted by Crippen LogP contribution is -2.29. The number of hydrogen-bond acceptors (Lipinski definition) is 3. The molecular weight excluding hydrogens is 202 g/mol. The minimum atomic E-state index is 0. The second-order valence-electron chi connectivity index (χ2n) is 4.21. The molecule has 0 radical (unpaired) electrons. The second kappa shape index (κ2) is 5.91. The Morgan fingerprint density at radius 2 is 1.93 bits per heavy atom. The molecule has 0 bridgehead atoms. The van der Waals surface area contributed by atoms with Crippen LogP contribution in [-0.2, 0) is 4.74 Å². The summed E-state index contributed by atoms with van der Waals surface area (Å²) >= 11 is 0. The Labute approximate surface area is 91.6 Å². The van der Waals surface area contributed by atoms with Gasteiger partial charge in [-0.2, -0.15) is 0 Å². The van der Waals surface area contributed by atoms with Crippen molar-refractivity contribution >= 4 is 12.4 Å². The summed E-state index contributed by atoms with van der Waals surface area (Å²) in [6, 6.07) is 0. The molecule has 0 aromatic carbocycles. The van der Waals surface area contributed by atoms with E-state index in [-0.39, 0.29) is 12.4 Å². The SMILES string of the molecule is Cl.OCC1CNCC1C1CCOCC1. The maximum Gasteiger partial charge on any atom is 0.0474 e. The first-order valence-electron chi connectivity index (χ1n) is 5.31. The highest BCUT2D eigenvalue weighted by Gasteiger charge is 2.33. The fourth-order valence-corrected chi connectivity index (χ4v) is 2.65. The molecule has 2 heterocycles. The molecule has 2 unspecified atom stereocenters. The van der Waals surface area contributed by atoms with Crippen LogP contribution in [0.3, 0.4) is 0 Å². The number of aliphatic hydroxyl groups excluding tert-OH is 1. The highest BCUT2D eigenvalue weighted by molar-refractivity contribution is 5.85. The van der Waals surface area contributed by atoms with Crippen LogP contribution in [0.4, 0.5) is 0 Å². The van der Waals surface area contributed by atoms with Gasteiger partial charge in [0.05, 0.1) is 0 Å². The lowest BCUT2D eigenvalue weighted by Gasteiger charge is -2.30. The van der Waals surface area contributed by atoms with Crippen LogP contribution in [0.1, 0.15) is 12.8 Å². The number of hydrogen-bond donors (Lipinski definition) is 2. The predicted molar refractivity (Wildman–Crippen MR) is 57.7 cm³/mol. The van der Waals surface area contributed by atoms with Crippen molar-refractivity contribution in [2.75, 3.05) is 32.9 Å². The maximum atomic E-state index is 9.20. The topological polar surface area (TPSA) is 41.5 Å². The summed E-state index contributed by atoms with van der Waals surface area (Å²) < 4.78 is 5.35. The van der Waals surface area contributed by atoms with E-state index in [4.69, 9.17) is 4.74 Å². The largest absolute Gasteiger partial charge is 0.396 e. The quantitative estimate of drug-likeness (QED) is 0.720. The fourth-order valence-electron chi connectivity index (χ4n) is 2.65. The molecule has 0 aliphatic carbocycles. The van der Waals surface area contributed by atoms with Crippen LogP contribution >= 0.6 is 12.4 Å². The number of nitrogens with one attached hydrogen (secondary N) is 1. The molecule has 2 saturated heterocycles. The molecule has 2 aliphatic rings. The zero-order chi connectivity index (χ0) is 9.10. The van der Waals surface area contributed by atoms with Gasteiger partial charge in [0.25, 0.3) is 0 Å². The first kappa shape index (κ1) is 12.2. The van der Waals surface area contributed by atoms with Crippen LogP contribution in [0.15, 0.2) is 0 Å². The van der Waals surface area contributed by atoms with Crippen molar-refractivity contribution in [1.82, 2.24) is 5.32 Å². The molecule has 0 aromatic rings. The molecule has 2 atom stereocenters. The first-order valence-corrected chi connectivity index (χ1v) is 5.31. The van der Waals surface area contributed by atoms with E-state index in [2.05, 4.69) is 5.32 Å². The Morgan fingerprint density at radius 1 is 1.21 bits per heavy atom. The van der Waals surface area contributed by atoms with Crippen molar-refractivity contribution in [3.05, 3.63) is 0 Å². The Balaban J connectivity index is 0.000000980. The Bertz CT molecular complexity index is 162. The van der Waals surface area contributed by atoms with Crippen LogP contribution in [0.2, 0.25) is 0 Å². The smallest absolute Gasteiger partial charge is 0.0474 e. The highest BCUT2D eigenvalue weighted by Crippen LogP contribution is 2.31. The lowest BCUT2D eigenvalue weighted by molar-refractivity contribution is 0.0360. The molecule has 2 N–H and O–H groups in total. The van der Waals surface area contributed by atoms with Gasteiger partial charge >= 0.3 is 0 Å². The van der Waals surface area contributed by atoms with Gasteiger partial charge in [0.15, 0.2) is 0 Å². The maximum absolute atomic E-state index is 9.20. The van der Waals surface area contributed by atoms with Crippen molar-refractivity contribution in [1.29, 1.82) is 0 Å². The summed E-state index contributed by atoms with van der Waals surface area (Å²) in [5.74, 6) is 1.96. The predicted octanol–water partition coefficient (Wildman–Crippen LogP) is 0.663. The minimum absolute atomic E-state index is 0. The van der Waals surface area contributed by atoms with Crippen LogP contribution in [0.5, 0.6) is 0 Å². The van der Waals surface area contributed by atoms with E-state index in [1.54, 1.807) is 0 Å². The van der Waals surface area contributed by atoms with E-state index >= 15 is 0 Å². The lowest BCUT2D eigenvalue weighted by atomic mass is 9.80. The molecular formula is C10H20ClNO2. The van der Waals surface area contributed by atoms with Gasteiger partial charge in [-0.1, -0.05) is 0 Å². The van der Waals surface area contributed by atoms with Crippen LogP contribution in [0.25, 0.3) is 0 Å². The third-order valence-electron chi connectivity index (χ3n) is 3.50. The van der Waals surface area contributed by atoms with Crippen LogP contribution in [0, 0.1) is 17.8 Å². The van der Waals surface area contributed by atoms with Gasteiger partial charge < -0.3 is 15.2 Å². The molecule has 2 fully saturated rings. The summed E-state index contributed by atoms with van der Waals surface area (Å²) in [5, 5.41) is 12.6. The molecule has 0 aromatic heterocycles. The van der Waals surface area contributed by atoms with Crippen molar-refractivity contribution in [2.24, 2.45) is 17.8 Å². The third kappa shape index (κ3) is 2.60. The zero-order valence-corrected chi connectivity index (χ0v) is 9.26. The van der Waals surface area contributed by atoms with E-state index in [0.717, 1.165) is 32.2 Å². The summed E-state index contributed by atoms with van der Waals surface area (Å²) in [6.07, 6.45) is 2.37. The molecule has 3 nitrogen and oxygen atoms in total. The third-order valence-corrected chi connectivity index (χ3v) is 3.50. The molecule has 14 heavy (non-hydrogen) atoms.